The first-order valence-electron chi connectivity index (χ1n) is 14.3. The van der Waals surface area contributed by atoms with Gasteiger partial charge in [-0.05, 0) is 80.8 Å². The lowest BCUT2D eigenvalue weighted by molar-refractivity contribution is 0.0503. The van der Waals surface area contributed by atoms with Gasteiger partial charge in [-0.15, -0.1) is 0 Å². The zero-order chi connectivity index (χ0) is 29.1. The third kappa shape index (κ3) is 6.65. The molecule has 10 heteroatoms. The Morgan fingerprint density at radius 3 is 1.98 bits per heavy atom. The minimum atomic E-state index is -0.495. The first-order valence-corrected chi connectivity index (χ1v) is 14.3. The van der Waals surface area contributed by atoms with Crippen molar-refractivity contribution in [2.24, 2.45) is 5.73 Å². The number of amides is 1. The third-order valence-corrected chi connectivity index (χ3v) is 7.24. The topological polar surface area (TPSA) is 142 Å². The van der Waals surface area contributed by atoms with Gasteiger partial charge in [0.1, 0.15) is 5.60 Å². The van der Waals surface area contributed by atoms with Gasteiger partial charge in [0.15, 0.2) is 0 Å². The molecule has 0 radical (unpaired) electrons. The number of nitrogens with zero attached hydrogens (tertiary/aromatic N) is 4. The molecule has 0 bridgehead atoms. The Bertz CT molecular complexity index is 1520. The van der Waals surface area contributed by atoms with Gasteiger partial charge in [-0.3, -0.25) is 0 Å². The van der Waals surface area contributed by atoms with Crippen LogP contribution in [0.2, 0.25) is 0 Å². The molecule has 6 rings (SSSR count). The first kappa shape index (κ1) is 28.5. The highest BCUT2D eigenvalue weighted by molar-refractivity contribution is 5.69. The van der Waals surface area contributed by atoms with Gasteiger partial charge in [0.2, 0.25) is 23.4 Å². The molecule has 0 fully saturated rings. The molecule has 216 valence electrons. The number of hydrogen-bond acceptors (Lipinski definition) is 9. The van der Waals surface area contributed by atoms with E-state index < -0.39 is 5.60 Å². The molecule has 2 heterocycles. The van der Waals surface area contributed by atoms with Crippen molar-refractivity contribution in [1.82, 2.24) is 25.6 Å². The molecule has 2 aromatic heterocycles. The highest BCUT2D eigenvalue weighted by atomic mass is 16.6. The average Bonchev–Trinajstić information content (AvgIpc) is 3.75. The van der Waals surface area contributed by atoms with Crippen molar-refractivity contribution in [1.29, 1.82) is 0 Å². The van der Waals surface area contributed by atoms with E-state index in [0.717, 1.165) is 55.2 Å². The third-order valence-electron chi connectivity index (χ3n) is 7.24. The number of carbonyl (C=O) groups excluding carboxylic acids is 1. The molecule has 1 amide bonds. The van der Waals surface area contributed by atoms with Crippen molar-refractivity contribution in [3.63, 3.8) is 0 Å². The maximum absolute atomic E-state index is 12.0. The standard InChI is InChI=1S/C18H23N3O3.C13H15N3O/c1-5-15-20-16(21-24-15)12-6-8-13-11(10-12)7-9-14(13)19-17(22)23-18(2,3)4;1-2-12-15-13(16-17-12)9-3-5-10-8(7-9)4-6-11(10)14/h6,8,10,14H,5,7,9H2,1-4H3,(H,19,22);3,5,7,11H,2,4,6,14H2,1H3/t14-;11-/m11/s1. The lowest BCUT2D eigenvalue weighted by Gasteiger charge is -2.22. The number of ether oxygens (including phenoxy) is 1. The van der Waals surface area contributed by atoms with Crippen LogP contribution in [-0.2, 0) is 30.4 Å². The summed E-state index contributed by atoms with van der Waals surface area (Å²) in [5.74, 6) is 2.59. The maximum Gasteiger partial charge on any atom is 0.408 e. The molecule has 0 saturated heterocycles. The van der Waals surface area contributed by atoms with Crippen LogP contribution >= 0.6 is 0 Å². The molecular formula is C31H38N6O4. The van der Waals surface area contributed by atoms with Crippen molar-refractivity contribution in [2.75, 3.05) is 0 Å². The van der Waals surface area contributed by atoms with Crippen LogP contribution in [0.3, 0.4) is 0 Å². The van der Waals surface area contributed by atoms with E-state index >= 15 is 0 Å². The molecule has 2 aliphatic carbocycles. The minimum Gasteiger partial charge on any atom is -0.444 e. The normalized spacial score (nSPS) is 17.4. The van der Waals surface area contributed by atoms with Crippen molar-refractivity contribution in [2.45, 2.75) is 90.8 Å². The second kappa shape index (κ2) is 11.8. The predicted octanol–water partition coefficient (Wildman–Crippen LogP) is 6.06. The number of fused-ring (bicyclic) bond motifs is 2. The average molecular weight is 559 g/mol. The molecule has 0 aliphatic heterocycles. The summed E-state index contributed by atoms with van der Waals surface area (Å²) in [6.07, 6.45) is 4.96. The van der Waals surface area contributed by atoms with Gasteiger partial charge < -0.3 is 24.8 Å². The number of carbonyl (C=O) groups is 1. The van der Waals surface area contributed by atoms with E-state index in [0.29, 0.717) is 23.4 Å². The highest BCUT2D eigenvalue weighted by Gasteiger charge is 2.27. The molecule has 10 nitrogen and oxygen atoms in total. The number of hydrogen-bond donors (Lipinski definition) is 2. The van der Waals surface area contributed by atoms with Crippen LogP contribution in [0.1, 0.15) is 93.6 Å². The molecule has 0 spiro atoms. The predicted molar refractivity (Wildman–Crippen MR) is 154 cm³/mol. The number of benzene rings is 2. The lowest BCUT2D eigenvalue weighted by atomic mass is 10.0. The minimum absolute atomic E-state index is 0.0135. The van der Waals surface area contributed by atoms with E-state index in [1.165, 1.54) is 16.7 Å². The molecule has 2 atom stereocenters. The SMILES string of the molecule is CCc1nc(-c2ccc3c(c2)CC[C@H]3N)no1.CCc1nc(-c2ccc3c(c2)CC[C@H]3NC(=O)OC(C)(C)C)no1. The fourth-order valence-electron chi connectivity index (χ4n) is 5.18. The van der Waals surface area contributed by atoms with Crippen LogP contribution in [0, 0.1) is 0 Å². The Kier molecular flexibility index (Phi) is 8.21. The van der Waals surface area contributed by atoms with E-state index in [4.69, 9.17) is 19.5 Å². The summed E-state index contributed by atoms with van der Waals surface area (Å²) in [6.45, 7) is 9.55. The van der Waals surface area contributed by atoms with E-state index in [1.807, 2.05) is 52.8 Å². The van der Waals surface area contributed by atoms with Crippen LogP contribution in [0.4, 0.5) is 4.79 Å². The van der Waals surface area contributed by atoms with Crippen molar-refractivity contribution < 1.29 is 18.6 Å². The fraction of sp³-hybridized carbons (Fsp3) is 0.452. The summed E-state index contributed by atoms with van der Waals surface area (Å²) < 4.78 is 15.6. The summed E-state index contributed by atoms with van der Waals surface area (Å²) in [5.41, 5.74) is 12.4. The zero-order valence-corrected chi connectivity index (χ0v) is 24.4. The molecule has 0 saturated carbocycles. The molecule has 3 N–H and O–H groups in total. The monoisotopic (exact) mass is 558 g/mol. The summed E-state index contributed by atoms with van der Waals surface area (Å²) in [4.78, 5) is 20.7. The molecule has 41 heavy (non-hydrogen) atoms. The van der Waals surface area contributed by atoms with Gasteiger partial charge in [-0.1, -0.05) is 48.4 Å². The summed E-state index contributed by atoms with van der Waals surface area (Å²) in [6, 6.07) is 12.5. The molecule has 4 aromatic rings. The van der Waals surface area contributed by atoms with Crippen LogP contribution in [0.15, 0.2) is 45.4 Å². The van der Waals surface area contributed by atoms with Crippen LogP contribution in [0.5, 0.6) is 0 Å². The Labute approximate surface area is 240 Å². The number of aromatic nitrogens is 4. The summed E-state index contributed by atoms with van der Waals surface area (Å²) in [7, 11) is 0. The van der Waals surface area contributed by atoms with E-state index in [9.17, 15) is 4.79 Å². The maximum atomic E-state index is 12.0. The lowest BCUT2D eigenvalue weighted by Crippen LogP contribution is -2.34. The Balaban J connectivity index is 0.000000174. The summed E-state index contributed by atoms with van der Waals surface area (Å²) >= 11 is 0. The van der Waals surface area contributed by atoms with Gasteiger partial charge in [-0.2, -0.15) is 9.97 Å². The van der Waals surface area contributed by atoms with Crippen LogP contribution in [-0.4, -0.2) is 32.0 Å². The van der Waals surface area contributed by atoms with Crippen molar-refractivity contribution >= 4 is 6.09 Å². The van der Waals surface area contributed by atoms with Gasteiger partial charge >= 0.3 is 6.09 Å². The van der Waals surface area contributed by atoms with Crippen LogP contribution < -0.4 is 11.1 Å². The van der Waals surface area contributed by atoms with Crippen LogP contribution in [0.25, 0.3) is 22.8 Å². The largest absolute Gasteiger partial charge is 0.444 e. The number of alkyl carbamates (subject to hydrolysis) is 1. The zero-order valence-electron chi connectivity index (χ0n) is 24.4. The number of aryl methyl sites for hydroxylation is 4. The second-order valence-corrected chi connectivity index (χ2v) is 11.4. The number of nitrogens with two attached hydrogens (primary N) is 1. The number of nitrogens with one attached hydrogen (secondary N) is 1. The Morgan fingerprint density at radius 1 is 0.902 bits per heavy atom. The van der Waals surface area contributed by atoms with Gasteiger partial charge in [0.05, 0.1) is 6.04 Å². The van der Waals surface area contributed by atoms with E-state index in [2.05, 4.69) is 43.8 Å². The van der Waals surface area contributed by atoms with E-state index in [-0.39, 0.29) is 18.2 Å². The van der Waals surface area contributed by atoms with E-state index in [1.54, 1.807) is 0 Å². The molecule has 2 aliphatic rings. The van der Waals surface area contributed by atoms with Gasteiger partial charge in [-0.25, -0.2) is 4.79 Å². The van der Waals surface area contributed by atoms with Crippen molar-refractivity contribution in [3.8, 4) is 22.8 Å². The van der Waals surface area contributed by atoms with Crippen molar-refractivity contribution in [3.05, 3.63) is 70.4 Å². The molecule has 0 unspecified atom stereocenters. The smallest absolute Gasteiger partial charge is 0.408 e. The first-order chi connectivity index (χ1) is 19.6. The number of rotatable bonds is 5. The Morgan fingerprint density at radius 2 is 1.44 bits per heavy atom. The summed E-state index contributed by atoms with van der Waals surface area (Å²) in [5, 5.41) is 11.0. The Hall–Kier alpha value is -4.05. The molecule has 2 aromatic carbocycles. The second-order valence-electron chi connectivity index (χ2n) is 11.4. The van der Waals surface area contributed by atoms with Gasteiger partial charge in [0, 0.05) is 30.0 Å². The van der Waals surface area contributed by atoms with Gasteiger partial charge in [0.25, 0.3) is 0 Å². The fourth-order valence-corrected chi connectivity index (χ4v) is 5.18. The molecular weight excluding hydrogens is 520 g/mol. The quantitative estimate of drug-likeness (QED) is 0.299. The highest BCUT2D eigenvalue weighted by Crippen LogP contribution is 2.34.